The van der Waals surface area contributed by atoms with Crippen molar-refractivity contribution in [2.75, 3.05) is 6.61 Å². The molecule has 70 valence electrons. The lowest BCUT2D eigenvalue weighted by Crippen LogP contribution is -2.11. The monoisotopic (exact) mass is 195 g/mol. The van der Waals surface area contributed by atoms with E-state index in [4.69, 9.17) is 10.5 Å². The van der Waals surface area contributed by atoms with Crippen LogP contribution in [0.3, 0.4) is 0 Å². The molecule has 2 nitrogen and oxygen atoms in total. The van der Waals surface area contributed by atoms with Crippen LogP contribution in [0.5, 0.6) is 0 Å². The van der Waals surface area contributed by atoms with Gasteiger partial charge < -0.3 is 10.5 Å². The highest BCUT2D eigenvalue weighted by Crippen LogP contribution is 2.28. The van der Waals surface area contributed by atoms with Crippen LogP contribution >= 0.6 is 11.3 Å². The number of rotatable bonds is 2. The zero-order valence-electron chi connectivity index (χ0n) is 7.62. The molecule has 0 aliphatic carbocycles. The Morgan fingerprint density at radius 1 is 1.54 bits per heavy atom. The van der Waals surface area contributed by atoms with Gasteiger partial charge in [-0.25, -0.2) is 0 Å². The molecule has 0 aromatic carbocycles. The molecular weight excluding hydrogens is 182 g/mol. The van der Waals surface area contributed by atoms with E-state index >= 15 is 0 Å². The van der Waals surface area contributed by atoms with Crippen molar-refractivity contribution in [3.05, 3.63) is 33.7 Å². The zero-order valence-corrected chi connectivity index (χ0v) is 8.43. The van der Waals surface area contributed by atoms with Crippen molar-refractivity contribution in [1.82, 2.24) is 0 Å². The van der Waals surface area contributed by atoms with Gasteiger partial charge in [-0.3, -0.25) is 0 Å². The van der Waals surface area contributed by atoms with Crippen LogP contribution < -0.4 is 5.73 Å². The van der Waals surface area contributed by atoms with Crippen LogP contribution in [0.15, 0.2) is 24.0 Å². The number of ether oxygens (including phenoxy) is 1. The van der Waals surface area contributed by atoms with Gasteiger partial charge in [-0.15, -0.1) is 11.3 Å². The molecular formula is C10H13NOS. The quantitative estimate of drug-likeness (QED) is 0.786. The first kappa shape index (κ1) is 8.78. The summed E-state index contributed by atoms with van der Waals surface area (Å²) in [7, 11) is 0. The minimum atomic E-state index is -0.0544. The average Bonchev–Trinajstić information content (AvgIpc) is 2.72. The summed E-state index contributed by atoms with van der Waals surface area (Å²) in [5, 5.41) is 0. The lowest BCUT2D eigenvalue weighted by atomic mass is 10.2. The maximum absolute atomic E-state index is 6.03. The minimum absolute atomic E-state index is 0.0544. The predicted molar refractivity (Wildman–Crippen MR) is 54.6 cm³/mol. The van der Waals surface area contributed by atoms with Gasteiger partial charge >= 0.3 is 0 Å². The van der Waals surface area contributed by atoms with E-state index in [1.54, 1.807) is 11.3 Å². The van der Waals surface area contributed by atoms with Crippen LogP contribution in [0.25, 0.3) is 0 Å². The standard InChI is InChI=1S/C10H13NOS/c1-7-4-5-9(13-7)10(11)8-3-2-6-12-8/h3-5,10H,2,6,11H2,1H3. The molecule has 1 aliphatic rings. The Morgan fingerprint density at radius 2 is 2.38 bits per heavy atom. The first-order chi connectivity index (χ1) is 6.27. The van der Waals surface area contributed by atoms with E-state index in [2.05, 4.69) is 25.1 Å². The topological polar surface area (TPSA) is 35.2 Å². The molecule has 1 aromatic rings. The summed E-state index contributed by atoms with van der Waals surface area (Å²) < 4.78 is 5.42. The number of nitrogens with two attached hydrogens (primary N) is 1. The van der Waals surface area contributed by atoms with Crippen molar-refractivity contribution < 1.29 is 4.74 Å². The number of aryl methyl sites for hydroxylation is 1. The second kappa shape index (κ2) is 3.52. The Bertz CT molecular complexity index is 329. The molecule has 1 aliphatic heterocycles. The smallest absolute Gasteiger partial charge is 0.114 e. The molecule has 0 spiro atoms. The van der Waals surface area contributed by atoms with Gasteiger partial charge in [0.15, 0.2) is 0 Å². The Morgan fingerprint density at radius 3 is 2.92 bits per heavy atom. The van der Waals surface area contributed by atoms with Crippen molar-refractivity contribution in [2.24, 2.45) is 5.73 Å². The zero-order chi connectivity index (χ0) is 9.26. The summed E-state index contributed by atoms with van der Waals surface area (Å²) in [6, 6.07) is 4.11. The van der Waals surface area contributed by atoms with Crippen LogP contribution in [-0.4, -0.2) is 6.61 Å². The average molecular weight is 195 g/mol. The fraction of sp³-hybridized carbons (Fsp3) is 0.400. The molecule has 13 heavy (non-hydrogen) atoms. The second-order valence-corrected chi connectivity index (χ2v) is 4.49. The lowest BCUT2D eigenvalue weighted by Gasteiger charge is -2.10. The van der Waals surface area contributed by atoms with Gasteiger partial charge in [-0.05, 0) is 25.1 Å². The van der Waals surface area contributed by atoms with Gasteiger partial charge in [0.25, 0.3) is 0 Å². The summed E-state index contributed by atoms with van der Waals surface area (Å²) in [6.07, 6.45) is 3.08. The summed E-state index contributed by atoms with van der Waals surface area (Å²) in [6.45, 7) is 2.87. The Balaban J connectivity index is 2.16. The third-order valence-electron chi connectivity index (χ3n) is 2.11. The fourth-order valence-electron chi connectivity index (χ4n) is 1.41. The van der Waals surface area contributed by atoms with E-state index in [1.807, 2.05) is 0 Å². The minimum Gasteiger partial charge on any atom is -0.496 e. The Kier molecular flexibility index (Phi) is 2.38. The molecule has 1 unspecified atom stereocenters. The van der Waals surface area contributed by atoms with Crippen LogP contribution in [0.2, 0.25) is 0 Å². The molecule has 3 heteroatoms. The molecule has 2 rings (SSSR count). The second-order valence-electron chi connectivity index (χ2n) is 3.17. The largest absolute Gasteiger partial charge is 0.496 e. The van der Waals surface area contributed by atoms with E-state index in [0.717, 1.165) is 18.8 Å². The van der Waals surface area contributed by atoms with Crippen molar-refractivity contribution in [2.45, 2.75) is 19.4 Å². The first-order valence-electron chi connectivity index (χ1n) is 4.42. The van der Waals surface area contributed by atoms with Crippen molar-refractivity contribution in [3.63, 3.8) is 0 Å². The van der Waals surface area contributed by atoms with E-state index in [-0.39, 0.29) is 6.04 Å². The van der Waals surface area contributed by atoms with Gasteiger partial charge in [-0.2, -0.15) is 0 Å². The van der Waals surface area contributed by atoms with Gasteiger partial charge in [0.1, 0.15) is 5.76 Å². The third-order valence-corrected chi connectivity index (χ3v) is 3.19. The highest BCUT2D eigenvalue weighted by molar-refractivity contribution is 7.12. The number of hydrogen-bond acceptors (Lipinski definition) is 3. The van der Waals surface area contributed by atoms with Crippen molar-refractivity contribution >= 4 is 11.3 Å². The van der Waals surface area contributed by atoms with Crippen molar-refractivity contribution in [1.29, 1.82) is 0 Å². The van der Waals surface area contributed by atoms with Crippen LogP contribution in [0, 0.1) is 6.92 Å². The Hall–Kier alpha value is -0.800. The first-order valence-corrected chi connectivity index (χ1v) is 5.24. The number of thiophene rings is 1. The molecule has 1 aromatic heterocycles. The summed E-state index contributed by atoms with van der Waals surface area (Å²) in [4.78, 5) is 2.48. The highest BCUT2D eigenvalue weighted by atomic mass is 32.1. The van der Waals surface area contributed by atoms with Gasteiger partial charge in [0.05, 0.1) is 12.6 Å². The van der Waals surface area contributed by atoms with Gasteiger partial charge in [-0.1, -0.05) is 0 Å². The van der Waals surface area contributed by atoms with E-state index in [1.165, 1.54) is 9.75 Å². The predicted octanol–water partition coefficient (Wildman–Crippen LogP) is 2.36. The SMILES string of the molecule is Cc1ccc(C(N)C2=CCCO2)s1. The molecule has 0 amide bonds. The van der Waals surface area contributed by atoms with Gasteiger partial charge in [0.2, 0.25) is 0 Å². The summed E-state index contributed by atoms with van der Waals surface area (Å²) in [5.41, 5.74) is 6.03. The molecule has 0 bridgehead atoms. The van der Waals surface area contributed by atoms with Crippen LogP contribution in [0.1, 0.15) is 22.2 Å². The third kappa shape index (κ3) is 1.76. The molecule has 0 fully saturated rings. The maximum Gasteiger partial charge on any atom is 0.114 e. The Labute approximate surface area is 82.0 Å². The van der Waals surface area contributed by atoms with E-state index in [0.29, 0.717) is 0 Å². The highest BCUT2D eigenvalue weighted by Gasteiger charge is 2.17. The molecule has 0 radical (unpaired) electrons. The molecule has 2 N–H and O–H groups in total. The van der Waals surface area contributed by atoms with Crippen molar-refractivity contribution in [3.8, 4) is 0 Å². The van der Waals surface area contributed by atoms with E-state index in [9.17, 15) is 0 Å². The van der Waals surface area contributed by atoms with Gasteiger partial charge in [0, 0.05) is 16.2 Å². The molecule has 0 saturated heterocycles. The molecule has 0 saturated carbocycles. The number of hydrogen-bond donors (Lipinski definition) is 1. The summed E-state index contributed by atoms with van der Waals surface area (Å²) in [5.74, 6) is 0.932. The lowest BCUT2D eigenvalue weighted by molar-refractivity contribution is 0.226. The maximum atomic E-state index is 6.03. The van der Waals surface area contributed by atoms with E-state index < -0.39 is 0 Å². The van der Waals surface area contributed by atoms with Crippen LogP contribution in [-0.2, 0) is 4.74 Å². The summed E-state index contributed by atoms with van der Waals surface area (Å²) >= 11 is 1.74. The van der Waals surface area contributed by atoms with Crippen LogP contribution in [0.4, 0.5) is 0 Å². The fourth-order valence-corrected chi connectivity index (χ4v) is 2.30. The molecule has 1 atom stereocenters. The normalized spacial score (nSPS) is 18.2. The molecule has 2 heterocycles.